The first-order valence-electron chi connectivity index (χ1n) is 9.32. The summed E-state index contributed by atoms with van der Waals surface area (Å²) in [5.41, 5.74) is 4.12. The van der Waals surface area contributed by atoms with Crippen molar-refractivity contribution in [2.45, 2.75) is 6.42 Å². The van der Waals surface area contributed by atoms with Crippen LogP contribution in [0.25, 0.3) is 22.6 Å². The number of allylic oxidation sites excluding steroid dienone is 1. The number of carboxylic acid groups (broad SMARTS) is 1. The summed E-state index contributed by atoms with van der Waals surface area (Å²) in [5, 5.41) is 15.0. The highest BCUT2D eigenvalue weighted by Gasteiger charge is 2.25. The number of halogens is 1. The van der Waals surface area contributed by atoms with E-state index in [0.717, 1.165) is 16.7 Å². The SMILES string of the molecule is Cn1nc2c(Oc3ccc(F)cc3)cccc2c1C1=Cc2nccc(C(=O)O)c2C1. The van der Waals surface area contributed by atoms with Crippen molar-refractivity contribution in [2.75, 3.05) is 0 Å². The number of carbonyl (C=O) groups is 1. The van der Waals surface area contributed by atoms with Crippen LogP contribution in [-0.2, 0) is 13.5 Å². The normalized spacial score (nSPS) is 12.7. The summed E-state index contributed by atoms with van der Waals surface area (Å²) in [6, 6.07) is 13.0. The van der Waals surface area contributed by atoms with E-state index in [0.29, 0.717) is 34.7 Å². The largest absolute Gasteiger partial charge is 0.478 e. The van der Waals surface area contributed by atoms with Crippen LogP contribution < -0.4 is 4.74 Å². The van der Waals surface area contributed by atoms with E-state index in [1.165, 1.54) is 24.4 Å². The van der Waals surface area contributed by atoms with Gasteiger partial charge in [-0.05, 0) is 53.6 Å². The van der Waals surface area contributed by atoms with E-state index in [4.69, 9.17) is 4.74 Å². The van der Waals surface area contributed by atoms with E-state index in [1.54, 1.807) is 16.8 Å². The lowest BCUT2D eigenvalue weighted by molar-refractivity contribution is 0.0695. The molecule has 2 aromatic heterocycles. The number of nitrogens with zero attached hydrogens (tertiary/aromatic N) is 3. The number of ether oxygens (including phenoxy) is 1. The molecule has 0 bridgehead atoms. The Hall–Kier alpha value is -4.00. The Bertz CT molecular complexity index is 1340. The van der Waals surface area contributed by atoms with Crippen LogP contribution in [0.2, 0.25) is 0 Å². The van der Waals surface area contributed by atoms with Crippen molar-refractivity contribution in [1.82, 2.24) is 14.8 Å². The number of carboxylic acids is 1. The quantitative estimate of drug-likeness (QED) is 0.537. The number of pyridine rings is 1. The highest BCUT2D eigenvalue weighted by molar-refractivity contribution is 6.01. The molecule has 30 heavy (non-hydrogen) atoms. The van der Waals surface area contributed by atoms with Crippen molar-refractivity contribution in [3.8, 4) is 11.5 Å². The van der Waals surface area contributed by atoms with Crippen LogP contribution >= 0.6 is 0 Å². The predicted molar refractivity (Wildman–Crippen MR) is 110 cm³/mol. The van der Waals surface area contributed by atoms with Gasteiger partial charge in [0.15, 0.2) is 5.75 Å². The molecular formula is C23H16FN3O3. The molecule has 0 saturated heterocycles. The Labute approximate surface area is 170 Å². The molecule has 5 rings (SSSR count). The molecule has 0 amide bonds. The second kappa shape index (κ2) is 6.81. The predicted octanol–water partition coefficient (Wildman–Crippen LogP) is 4.69. The average Bonchev–Trinajstić information content (AvgIpc) is 3.29. The topological polar surface area (TPSA) is 77.2 Å². The van der Waals surface area contributed by atoms with Gasteiger partial charge in [-0.25, -0.2) is 9.18 Å². The van der Waals surface area contributed by atoms with Gasteiger partial charge >= 0.3 is 5.97 Å². The maximum Gasteiger partial charge on any atom is 0.336 e. The second-order valence-corrected chi connectivity index (χ2v) is 7.05. The Kier molecular flexibility index (Phi) is 4.10. The lowest BCUT2D eigenvalue weighted by Crippen LogP contribution is -2.04. The fourth-order valence-corrected chi connectivity index (χ4v) is 3.86. The molecule has 7 heteroatoms. The zero-order valence-corrected chi connectivity index (χ0v) is 16.0. The maximum absolute atomic E-state index is 13.2. The number of aromatic nitrogens is 3. The monoisotopic (exact) mass is 401 g/mol. The van der Waals surface area contributed by atoms with E-state index in [1.807, 2.05) is 31.3 Å². The summed E-state index contributed by atoms with van der Waals surface area (Å²) in [4.78, 5) is 15.9. The molecule has 0 atom stereocenters. The minimum atomic E-state index is -0.965. The first-order chi connectivity index (χ1) is 14.5. The third kappa shape index (κ3) is 2.91. The zero-order valence-electron chi connectivity index (χ0n) is 16.0. The Morgan fingerprint density at radius 3 is 2.73 bits per heavy atom. The van der Waals surface area contributed by atoms with Crippen LogP contribution in [0.4, 0.5) is 4.39 Å². The van der Waals surface area contributed by atoms with Crippen LogP contribution in [0, 0.1) is 5.82 Å². The molecule has 0 fully saturated rings. The summed E-state index contributed by atoms with van der Waals surface area (Å²) < 4.78 is 20.9. The molecule has 148 valence electrons. The van der Waals surface area contributed by atoms with Crippen molar-refractivity contribution in [3.05, 3.63) is 83.1 Å². The van der Waals surface area contributed by atoms with Gasteiger partial charge in [-0.3, -0.25) is 9.67 Å². The molecule has 0 radical (unpaired) electrons. The van der Waals surface area contributed by atoms with Gasteiger partial charge in [0.2, 0.25) is 0 Å². The number of hydrogen-bond acceptors (Lipinski definition) is 4. The first-order valence-corrected chi connectivity index (χ1v) is 9.32. The third-order valence-corrected chi connectivity index (χ3v) is 5.17. The average molecular weight is 401 g/mol. The van der Waals surface area contributed by atoms with Gasteiger partial charge in [0.05, 0.1) is 17.0 Å². The van der Waals surface area contributed by atoms with Crippen molar-refractivity contribution in [2.24, 2.45) is 7.05 Å². The van der Waals surface area contributed by atoms with Gasteiger partial charge < -0.3 is 9.84 Å². The number of benzene rings is 2. The van der Waals surface area contributed by atoms with Gasteiger partial charge in [0.1, 0.15) is 17.1 Å². The lowest BCUT2D eigenvalue weighted by atomic mass is 10.0. The second-order valence-electron chi connectivity index (χ2n) is 7.05. The standard InChI is InChI=1S/C23H16FN3O3/c1-27-22(13-11-18-16(23(28)29)9-10-25-19(18)12-13)17-3-2-4-20(21(17)26-27)30-15-7-5-14(24)6-8-15/h2-10,12H,11H2,1H3,(H,28,29). The highest BCUT2D eigenvalue weighted by Crippen LogP contribution is 2.38. The van der Waals surface area contributed by atoms with Crippen molar-refractivity contribution < 1.29 is 19.0 Å². The molecular weight excluding hydrogens is 385 g/mol. The van der Waals surface area contributed by atoms with E-state index in [2.05, 4.69) is 10.1 Å². The molecule has 2 heterocycles. The number of aromatic carboxylic acids is 1. The smallest absolute Gasteiger partial charge is 0.336 e. The van der Waals surface area contributed by atoms with E-state index in [9.17, 15) is 14.3 Å². The Balaban J connectivity index is 1.57. The Morgan fingerprint density at radius 2 is 1.97 bits per heavy atom. The van der Waals surface area contributed by atoms with Crippen molar-refractivity contribution in [3.63, 3.8) is 0 Å². The molecule has 0 unspecified atom stereocenters. The number of hydrogen-bond donors (Lipinski definition) is 1. The molecule has 6 nitrogen and oxygen atoms in total. The van der Waals surface area contributed by atoms with Crippen molar-refractivity contribution >= 4 is 28.5 Å². The lowest BCUT2D eigenvalue weighted by Gasteiger charge is -2.07. The van der Waals surface area contributed by atoms with Gasteiger partial charge in [0.25, 0.3) is 0 Å². The van der Waals surface area contributed by atoms with Gasteiger partial charge in [0, 0.05) is 25.1 Å². The van der Waals surface area contributed by atoms with Crippen LogP contribution in [0.5, 0.6) is 11.5 Å². The fourth-order valence-electron chi connectivity index (χ4n) is 3.86. The number of rotatable bonds is 4. The summed E-state index contributed by atoms with van der Waals surface area (Å²) >= 11 is 0. The minimum Gasteiger partial charge on any atom is -0.478 e. The van der Waals surface area contributed by atoms with Crippen LogP contribution in [0.15, 0.2) is 54.7 Å². The molecule has 4 aromatic rings. The van der Waals surface area contributed by atoms with E-state index >= 15 is 0 Å². The van der Waals surface area contributed by atoms with E-state index in [-0.39, 0.29) is 11.4 Å². The molecule has 0 aliphatic heterocycles. The molecule has 0 saturated carbocycles. The molecule has 1 N–H and O–H groups in total. The summed E-state index contributed by atoms with van der Waals surface area (Å²) in [6.07, 6.45) is 3.88. The van der Waals surface area contributed by atoms with E-state index < -0.39 is 5.97 Å². The Morgan fingerprint density at radius 1 is 1.17 bits per heavy atom. The zero-order chi connectivity index (χ0) is 20.8. The number of fused-ring (bicyclic) bond motifs is 2. The molecule has 0 spiro atoms. The summed E-state index contributed by atoms with van der Waals surface area (Å²) in [5.74, 6) is -0.226. The minimum absolute atomic E-state index is 0.262. The third-order valence-electron chi connectivity index (χ3n) is 5.17. The summed E-state index contributed by atoms with van der Waals surface area (Å²) in [6.45, 7) is 0. The van der Waals surface area contributed by atoms with Crippen LogP contribution in [0.1, 0.15) is 27.3 Å². The maximum atomic E-state index is 13.2. The van der Waals surface area contributed by atoms with Gasteiger partial charge in [-0.1, -0.05) is 12.1 Å². The van der Waals surface area contributed by atoms with Crippen molar-refractivity contribution in [1.29, 1.82) is 0 Å². The molecule has 2 aromatic carbocycles. The van der Waals surface area contributed by atoms with Gasteiger partial charge in [-0.2, -0.15) is 5.10 Å². The van der Waals surface area contributed by atoms with Crippen LogP contribution in [-0.4, -0.2) is 25.8 Å². The first kappa shape index (κ1) is 18.1. The number of aryl methyl sites for hydroxylation is 1. The molecule has 1 aliphatic rings. The highest BCUT2D eigenvalue weighted by atomic mass is 19.1. The molecule has 1 aliphatic carbocycles. The fraction of sp³-hybridized carbons (Fsp3) is 0.0870. The van der Waals surface area contributed by atoms with Crippen LogP contribution in [0.3, 0.4) is 0 Å². The van der Waals surface area contributed by atoms with Gasteiger partial charge in [-0.15, -0.1) is 0 Å². The summed E-state index contributed by atoms with van der Waals surface area (Å²) in [7, 11) is 1.84.